The molecule has 0 spiro atoms. The van der Waals surface area contributed by atoms with Crippen LogP contribution in [0.4, 0.5) is 0 Å². The van der Waals surface area contributed by atoms with Crippen molar-refractivity contribution in [1.82, 2.24) is 5.32 Å². The Morgan fingerprint density at radius 1 is 1.19 bits per heavy atom. The number of aryl methyl sites for hydroxylation is 1. The molecule has 5 heteroatoms. The second kappa shape index (κ2) is 5.44. The quantitative estimate of drug-likeness (QED) is 0.897. The number of amides is 1. The molecule has 2 rings (SSSR count). The molecule has 4 nitrogen and oxygen atoms in total. The van der Waals surface area contributed by atoms with Crippen molar-refractivity contribution >= 4 is 23.2 Å². The summed E-state index contributed by atoms with van der Waals surface area (Å²) in [5.41, 5.74) is 0.00894. The maximum atomic E-state index is 12.6. The first kappa shape index (κ1) is 16.0. The van der Waals surface area contributed by atoms with Gasteiger partial charge in [0.2, 0.25) is 0 Å². The summed E-state index contributed by atoms with van der Waals surface area (Å²) >= 11 is 1.64. The molecule has 0 fully saturated rings. The highest BCUT2D eigenvalue weighted by Crippen LogP contribution is 2.33. The third-order valence-electron chi connectivity index (χ3n) is 4.83. The number of hydrogen-bond donors (Lipinski definition) is 2. The summed E-state index contributed by atoms with van der Waals surface area (Å²) in [5.74, 6) is -1.08. The third kappa shape index (κ3) is 2.84. The van der Waals surface area contributed by atoms with Gasteiger partial charge in [-0.1, -0.05) is 0 Å². The van der Waals surface area contributed by atoms with Crippen LogP contribution in [0, 0.1) is 5.41 Å². The molecule has 0 unspecified atom stereocenters. The molecule has 0 aliphatic heterocycles. The number of carboxylic acids is 1. The van der Waals surface area contributed by atoms with Gasteiger partial charge in [0.15, 0.2) is 0 Å². The third-order valence-corrected chi connectivity index (χ3v) is 5.92. The van der Waals surface area contributed by atoms with Crippen LogP contribution in [0.1, 0.15) is 61.3 Å². The Balaban J connectivity index is 2.22. The number of thiophene rings is 1. The van der Waals surface area contributed by atoms with E-state index in [0.29, 0.717) is 0 Å². The van der Waals surface area contributed by atoms with E-state index in [-0.39, 0.29) is 5.91 Å². The van der Waals surface area contributed by atoms with Gasteiger partial charge in [-0.25, -0.2) is 0 Å². The minimum absolute atomic E-state index is 0.159. The van der Waals surface area contributed by atoms with E-state index in [4.69, 9.17) is 0 Å². The monoisotopic (exact) mass is 309 g/mol. The van der Waals surface area contributed by atoms with E-state index < -0.39 is 16.9 Å². The van der Waals surface area contributed by atoms with Crippen LogP contribution in [0.15, 0.2) is 5.38 Å². The summed E-state index contributed by atoms with van der Waals surface area (Å²) in [4.78, 5) is 25.3. The summed E-state index contributed by atoms with van der Waals surface area (Å²) in [6.45, 7) is 6.80. The number of aliphatic carboxylic acids is 1. The summed E-state index contributed by atoms with van der Waals surface area (Å²) in [6.07, 6.45) is 4.31. The van der Waals surface area contributed by atoms with Crippen LogP contribution in [0.5, 0.6) is 0 Å². The van der Waals surface area contributed by atoms with Crippen LogP contribution in [0.2, 0.25) is 0 Å². The Hall–Kier alpha value is -1.36. The predicted octanol–water partition coefficient (Wildman–Crippen LogP) is 3.25. The lowest BCUT2D eigenvalue weighted by atomic mass is 9.74. The van der Waals surface area contributed by atoms with E-state index in [9.17, 15) is 14.7 Å². The van der Waals surface area contributed by atoms with Crippen molar-refractivity contribution in [2.45, 2.75) is 58.9 Å². The van der Waals surface area contributed by atoms with Crippen molar-refractivity contribution in [3.63, 3.8) is 0 Å². The van der Waals surface area contributed by atoms with Crippen LogP contribution in [-0.4, -0.2) is 22.5 Å². The van der Waals surface area contributed by atoms with Crippen LogP contribution >= 0.6 is 11.3 Å². The maximum absolute atomic E-state index is 12.6. The van der Waals surface area contributed by atoms with Crippen molar-refractivity contribution in [3.8, 4) is 0 Å². The molecule has 0 saturated carbocycles. The van der Waals surface area contributed by atoms with E-state index in [2.05, 4.69) is 5.32 Å². The van der Waals surface area contributed by atoms with E-state index in [0.717, 1.165) is 30.4 Å². The largest absolute Gasteiger partial charge is 0.481 e. The highest BCUT2D eigenvalue weighted by Gasteiger charge is 2.44. The number of hydrogen-bond acceptors (Lipinski definition) is 3. The zero-order valence-electron chi connectivity index (χ0n) is 13.1. The van der Waals surface area contributed by atoms with Crippen molar-refractivity contribution < 1.29 is 14.7 Å². The summed E-state index contributed by atoms with van der Waals surface area (Å²) in [5, 5.41) is 14.2. The molecule has 1 aliphatic rings. The fraction of sp³-hybridized carbons (Fsp3) is 0.625. The molecule has 0 aromatic carbocycles. The second-order valence-electron chi connectivity index (χ2n) is 6.77. The van der Waals surface area contributed by atoms with Gasteiger partial charge in [0.25, 0.3) is 5.91 Å². The Kier molecular flexibility index (Phi) is 4.15. The molecule has 0 atom stereocenters. The average Bonchev–Trinajstić information content (AvgIpc) is 2.81. The summed E-state index contributed by atoms with van der Waals surface area (Å²) in [6, 6.07) is 0. The van der Waals surface area contributed by atoms with Gasteiger partial charge in [0.1, 0.15) is 0 Å². The smallest absolute Gasteiger partial charge is 0.311 e. The number of fused-ring (bicyclic) bond motifs is 1. The van der Waals surface area contributed by atoms with Crippen molar-refractivity contribution in [2.75, 3.05) is 0 Å². The molecule has 21 heavy (non-hydrogen) atoms. The zero-order chi connectivity index (χ0) is 15.8. The van der Waals surface area contributed by atoms with Crippen LogP contribution in [-0.2, 0) is 17.6 Å². The highest BCUT2D eigenvalue weighted by atomic mass is 32.1. The van der Waals surface area contributed by atoms with Gasteiger partial charge >= 0.3 is 5.97 Å². The minimum atomic E-state index is -1.04. The lowest BCUT2D eigenvalue weighted by Gasteiger charge is -2.38. The molecule has 116 valence electrons. The molecule has 2 N–H and O–H groups in total. The molecular formula is C16H23NO3S. The molecule has 0 bridgehead atoms. The van der Waals surface area contributed by atoms with Gasteiger partial charge < -0.3 is 10.4 Å². The van der Waals surface area contributed by atoms with Crippen LogP contribution in [0.25, 0.3) is 0 Å². The fourth-order valence-corrected chi connectivity index (χ4v) is 3.58. The first-order valence-corrected chi connectivity index (χ1v) is 8.20. The summed E-state index contributed by atoms with van der Waals surface area (Å²) < 4.78 is 0. The highest BCUT2D eigenvalue weighted by molar-refractivity contribution is 7.10. The number of carbonyl (C=O) groups is 2. The maximum Gasteiger partial charge on any atom is 0.311 e. The standard InChI is InChI=1S/C16H23NO3S/c1-15(2,14(19)20)16(3,4)17-13(18)11-9-21-12-8-6-5-7-10(11)12/h9H,5-8H2,1-4H3,(H,17,18)(H,19,20). The van der Waals surface area contributed by atoms with Crippen LogP contribution in [0.3, 0.4) is 0 Å². The van der Waals surface area contributed by atoms with Gasteiger partial charge in [-0.3, -0.25) is 9.59 Å². The topological polar surface area (TPSA) is 66.4 Å². The van der Waals surface area contributed by atoms with E-state index in [1.54, 1.807) is 39.0 Å². The number of carboxylic acid groups (broad SMARTS) is 1. The van der Waals surface area contributed by atoms with E-state index >= 15 is 0 Å². The van der Waals surface area contributed by atoms with Crippen LogP contribution < -0.4 is 5.32 Å². The van der Waals surface area contributed by atoms with E-state index in [1.165, 1.54) is 11.3 Å². The molecule has 1 heterocycles. The lowest BCUT2D eigenvalue weighted by molar-refractivity contribution is -0.150. The summed E-state index contributed by atoms with van der Waals surface area (Å²) in [7, 11) is 0. The van der Waals surface area contributed by atoms with Gasteiger partial charge in [0.05, 0.1) is 16.5 Å². The average molecular weight is 309 g/mol. The molecule has 1 aromatic heterocycles. The first-order valence-electron chi connectivity index (χ1n) is 7.32. The Labute approximate surface area is 129 Å². The van der Waals surface area contributed by atoms with Crippen molar-refractivity contribution in [1.29, 1.82) is 0 Å². The number of carbonyl (C=O) groups excluding carboxylic acids is 1. The van der Waals surface area contributed by atoms with Crippen molar-refractivity contribution in [3.05, 3.63) is 21.4 Å². The number of rotatable bonds is 4. The Bertz CT molecular complexity index is 572. The molecule has 1 aromatic rings. The molecule has 1 amide bonds. The second-order valence-corrected chi connectivity index (χ2v) is 7.73. The molecular weight excluding hydrogens is 286 g/mol. The number of nitrogens with one attached hydrogen (secondary N) is 1. The van der Waals surface area contributed by atoms with Gasteiger partial charge in [-0.15, -0.1) is 11.3 Å². The van der Waals surface area contributed by atoms with Gasteiger partial charge in [-0.05, 0) is 58.9 Å². The first-order chi connectivity index (χ1) is 9.67. The van der Waals surface area contributed by atoms with E-state index in [1.807, 2.05) is 5.38 Å². The molecule has 0 radical (unpaired) electrons. The normalized spacial score (nSPS) is 15.4. The lowest BCUT2D eigenvalue weighted by Crippen LogP contribution is -2.57. The predicted molar refractivity (Wildman–Crippen MR) is 83.9 cm³/mol. The molecule has 0 saturated heterocycles. The van der Waals surface area contributed by atoms with Gasteiger partial charge in [0, 0.05) is 10.3 Å². The van der Waals surface area contributed by atoms with Crippen molar-refractivity contribution in [2.24, 2.45) is 5.41 Å². The SMILES string of the molecule is CC(C)(NC(=O)c1csc2c1CCCC2)C(C)(C)C(=O)O. The minimum Gasteiger partial charge on any atom is -0.481 e. The Morgan fingerprint density at radius 2 is 1.81 bits per heavy atom. The molecule has 1 aliphatic carbocycles. The Morgan fingerprint density at radius 3 is 2.43 bits per heavy atom. The van der Waals surface area contributed by atoms with Gasteiger partial charge in [-0.2, -0.15) is 0 Å². The zero-order valence-corrected chi connectivity index (χ0v) is 13.9. The fourth-order valence-electron chi connectivity index (χ4n) is 2.46.